The Balaban J connectivity index is 1.48. The molecule has 0 saturated carbocycles. The normalized spacial score (nSPS) is 19.2. The molecule has 1 aromatic heterocycles. The summed E-state index contributed by atoms with van der Waals surface area (Å²) in [6.07, 6.45) is -5.30. The number of ether oxygens (including phenoxy) is 1. The van der Waals surface area contributed by atoms with Crippen molar-refractivity contribution in [1.29, 1.82) is 0 Å². The number of hydrogen-bond acceptors (Lipinski definition) is 6. The van der Waals surface area contributed by atoms with Gasteiger partial charge in [-0.3, -0.25) is 4.79 Å². The SMILES string of the molecule is CCn1c(C[C@@H]2CCC(C(F)(F)F)OC2)nc2cc(C(=O)N[C@@H](CO)c3ccc(S(=O)(=O)CC)cc3)ccc21. The van der Waals surface area contributed by atoms with E-state index in [1.54, 1.807) is 37.3 Å². The molecule has 1 unspecified atom stereocenters. The number of hydrogen-bond donors (Lipinski definition) is 2. The van der Waals surface area contributed by atoms with E-state index < -0.39 is 34.1 Å². The van der Waals surface area contributed by atoms with Gasteiger partial charge in [0.2, 0.25) is 0 Å². The van der Waals surface area contributed by atoms with E-state index in [2.05, 4.69) is 10.3 Å². The fourth-order valence-electron chi connectivity index (χ4n) is 4.86. The number of aliphatic hydroxyl groups excluding tert-OH is 1. The first-order valence-electron chi connectivity index (χ1n) is 12.9. The zero-order valence-corrected chi connectivity index (χ0v) is 22.6. The molecule has 212 valence electrons. The molecule has 0 spiro atoms. The molecule has 2 heterocycles. The van der Waals surface area contributed by atoms with Crippen LogP contribution in [0.3, 0.4) is 0 Å². The third kappa shape index (κ3) is 6.44. The van der Waals surface area contributed by atoms with Crippen molar-refractivity contribution in [3.8, 4) is 0 Å². The molecule has 2 N–H and O–H groups in total. The van der Waals surface area contributed by atoms with E-state index in [0.29, 0.717) is 36.0 Å². The molecule has 3 atom stereocenters. The van der Waals surface area contributed by atoms with Gasteiger partial charge in [0.1, 0.15) is 5.82 Å². The number of aliphatic hydroxyl groups is 1. The van der Waals surface area contributed by atoms with Crippen LogP contribution in [-0.4, -0.2) is 60.2 Å². The molecule has 1 aliphatic heterocycles. The van der Waals surface area contributed by atoms with E-state index in [1.807, 2.05) is 11.5 Å². The largest absolute Gasteiger partial charge is 0.414 e. The minimum atomic E-state index is -4.35. The fraction of sp³-hybridized carbons (Fsp3) is 0.481. The van der Waals surface area contributed by atoms with Crippen molar-refractivity contribution in [2.45, 2.75) is 62.9 Å². The van der Waals surface area contributed by atoms with E-state index in [-0.39, 0.29) is 36.2 Å². The number of benzene rings is 2. The van der Waals surface area contributed by atoms with Gasteiger partial charge in [-0.1, -0.05) is 19.1 Å². The molecule has 4 rings (SSSR count). The highest BCUT2D eigenvalue weighted by molar-refractivity contribution is 7.91. The zero-order chi connectivity index (χ0) is 28.4. The summed E-state index contributed by atoms with van der Waals surface area (Å²) in [6, 6.07) is 10.4. The van der Waals surface area contributed by atoms with Gasteiger partial charge in [0.25, 0.3) is 5.91 Å². The van der Waals surface area contributed by atoms with Gasteiger partial charge in [-0.2, -0.15) is 13.2 Å². The maximum atomic E-state index is 13.0. The highest BCUT2D eigenvalue weighted by Gasteiger charge is 2.43. The van der Waals surface area contributed by atoms with Gasteiger partial charge < -0.3 is 19.7 Å². The molecular weight excluding hydrogens is 535 g/mol. The Morgan fingerprint density at radius 2 is 1.90 bits per heavy atom. The molecule has 2 aromatic carbocycles. The smallest absolute Gasteiger partial charge is 0.394 e. The molecule has 12 heteroatoms. The van der Waals surface area contributed by atoms with Crippen molar-refractivity contribution >= 4 is 26.8 Å². The maximum Gasteiger partial charge on any atom is 0.414 e. The van der Waals surface area contributed by atoms with Crippen molar-refractivity contribution in [3.05, 3.63) is 59.4 Å². The molecule has 1 aliphatic rings. The molecule has 0 bridgehead atoms. The lowest BCUT2D eigenvalue weighted by Crippen LogP contribution is -2.38. The summed E-state index contributed by atoms with van der Waals surface area (Å²) in [5.41, 5.74) is 2.27. The molecule has 0 radical (unpaired) electrons. The topological polar surface area (TPSA) is 111 Å². The number of alkyl halides is 3. The number of nitrogens with one attached hydrogen (secondary N) is 1. The number of halogens is 3. The summed E-state index contributed by atoms with van der Waals surface area (Å²) in [7, 11) is -3.37. The quantitative estimate of drug-likeness (QED) is 0.401. The number of carbonyl (C=O) groups excluding carboxylic acids is 1. The fourth-order valence-corrected chi connectivity index (χ4v) is 5.75. The first-order valence-corrected chi connectivity index (χ1v) is 14.5. The number of amides is 1. The second-order valence-electron chi connectivity index (χ2n) is 9.67. The van der Waals surface area contributed by atoms with Crippen LogP contribution in [0.1, 0.15) is 54.5 Å². The van der Waals surface area contributed by atoms with E-state index in [4.69, 9.17) is 4.74 Å². The highest BCUT2D eigenvalue weighted by Crippen LogP contribution is 2.33. The standard InChI is InChI=1S/C27H32F3N3O5S/c1-3-33-23-11-8-19(14-21(23)31-25(33)13-17-5-12-24(38-16-17)27(28,29)30)26(35)32-22(15-34)18-6-9-20(10-7-18)39(36,37)4-2/h6-11,14,17,22,24,34H,3-5,12-13,15-16H2,1-2H3,(H,32,35)/t17-,22-,24?/m0/s1. The predicted octanol–water partition coefficient (Wildman–Crippen LogP) is 4.21. The summed E-state index contributed by atoms with van der Waals surface area (Å²) in [5, 5.41) is 12.7. The van der Waals surface area contributed by atoms with Crippen LogP contribution < -0.4 is 5.32 Å². The van der Waals surface area contributed by atoms with Crippen molar-refractivity contribution < 1.29 is 36.2 Å². The number of rotatable bonds is 9. The highest BCUT2D eigenvalue weighted by atomic mass is 32.2. The maximum absolute atomic E-state index is 13.0. The van der Waals surface area contributed by atoms with Crippen LogP contribution in [0.4, 0.5) is 13.2 Å². The Hall–Kier alpha value is -2.96. The van der Waals surface area contributed by atoms with Crippen molar-refractivity contribution in [3.63, 3.8) is 0 Å². The summed E-state index contributed by atoms with van der Waals surface area (Å²) < 4.78 is 69.9. The molecule has 0 aliphatic carbocycles. The lowest BCUT2D eigenvalue weighted by atomic mass is 9.95. The Morgan fingerprint density at radius 3 is 2.46 bits per heavy atom. The van der Waals surface area contributed by atoms with Crippen LogP contribution in [-0.2, 0) is 27.5 Å². The Labute approximate surface area is 225 Å². The van der Waals surface area contributed by atoms with Crippen LogP contribution in [0.5, 0.6) is 0 Å². The lowest BCUT2D eigenvalue weighted by Gasteiger charge is -2.30. The van der Waals surface area contributed by atoms with Crippen molar-refractivity contribution in [1.82, 2.24) is 14.9 Å². The first kappa shape index (κ1) is 29.0. The van der Waals surface area contributed by atoms with Crippen molar-refractivity contribution in [2.75, 3.05) is 19.0 Å². The Kier molecular flexibility index (Phi) is 8.67. The molecule has 1 fully saturated rings. The summed E-state index contributed by atoms with van der Waals surface area (Å²) >= 11 is 0. The summed E-state index contributed by atoms with van der Waals surface area (Å²) in [5.74, 6) is 0.168. The van der Waals surface area contributed by atoms with Gasteiger partial charge in [-0.05, 0) is 61.6 Å². The zero-order valence-electron chi connectivity index (χ0n) is 21.7. The number of fused-ring (bicyclic) bond motifs is 1. The summed E-state index contributed by atoms with van der Waals surface area (Å²) in [4.78, 5) is 17.9. The van der Waals surface area contributed by atoms with Gasteiger partial charge in [0.15, 0.2) is 15.9 Å². The van der Waals surface area contributed by atoms with E-state index in [9.17, 15) is 31.5 Å². The van der Waals surface area contributed by atoms with Crippen LogP contribution in [0.2, 0.25) is 0 Å². The van der Waals surface area contributed by atoms with Gasteiger partial charge in [0, 0.05) is 18.5 Å². The number of aryl methyl sites for hydroxylation is 1. The van der Waals surface area contributed by atoms with Gasteiger partial charge in [0.05, 0.1) is 40.9 Å². The van der Waals surface area contributed by atoms with Crippen LogP contribution in [0.15, 0.2) is 47.4 Å². The monoisotopic (exact) mass is 567 g/mol. The average Bonchev–Trinajstić information content (AvgIpc) is 3.27. The van der Waals surface area contributed by atoms with E-state index in [0.717, 1.165) is 11.3 Å². The van der Waals surface area contributed by atoms with Crippen LogP contribution >= 0.6 is 0 Å². The van der Waals surface area contributed by atoms with Gasteiger partial charge in [-0.25, -0.2) is 13.4 Å². The van der Waals surface area contributed by atoms with Gasteiger partial charge in [-0.15, -0.1) is 0 Å². The first-order chi connectivity index (χ1) is 18.5. The van der Waals surface area contributed by atoms with E-state index >= 15 is 0 Å². The third-order valence-electron chi connectivity index (χ3n) is 7.12. The number of imidazole rings is 1. The molecule has 3 aromatic rings. The summed E-state index contributed by atoms with van der Waals surface area (Å²) in [6.45, 7) is 3.73. The van der Waals surface area contributed by atoms with Gasteiger partial charge >= 0.3 is 6.18 Å². The predicted molar refractivity (Wildman–Crippen MR) is 139 cm³/mol. The van der Waals surface area contributed by atoms with E-state index in [1.165, 1.54) is 12.1 Å². The number of aromatic nitrogens is 2. The molecule has 1 saturated heterocycles. The minimum absolute atomic E-state index is 0.0126. The Morgan fingerprint density at radius 1 is 1.18 bits per heavy atom. The molecule has 8 nitrogen and oxygen atoms in total. The molecular formula is C27H32F3N3O5S. The Bertz CT molecular complexity index is 1410. The second kappa shape index (κ2) is 11.6. The van der Waals surface area contributed by atoms with Crippen molar-refractivity contribution in [2.24, 2.45) is 5.92 Å². The minimum Gasteiger partial charge on any atom is -0.394 e. The van der Waals surface area contributed by atoms with Crippen LogP contribution in [0.25, 0.3) is 11.0 Å². The third-order valence-corrected chi connectivity index (χ3v) is 8.87. The molecule has 1 amide bonds. The number of nitrogens with zero attached hydrogens (tertiary/aromatic N) is 2. The molecule has 39 heavy (non-hydrogen) atoms. The second-order valence-corrected chi connectivity index (χ2v) is 11.9. The van der Waals surface area contributed by atoms with Crippen LogP contribution in [0, 0.1) is 5.92 Å². The number of sulfone groups is 1. The lowest BCUT2D eigenvalue weighted by molar-refractivity contribution is -0.235. The average molecular weight is 568 g/mol. The number of carbonyl (C=O) groups is 1.